The van der Waals surface area contributed by atoms with Crippen LogP contribution in [0.2, 0.25) is 0 Å². The topological polar surface area (TPSA) is 60.9 Å². The molecular weight excluding hydrogens is 296 g/mol. The smallest absolute Gasteiger partial charge is 0.251 e. The van der Waals surface area contributed by atoms with Crippen LogP contribution in [0.1, 0.15) is 25.7 Å². The summed E-state index contributed by atoms with van der Waals surface area (Å²) in [5.74, 6) is 0.892. The second kappa shape index (κ2) is 6.09. The van der Waals surface area contributed by atoms with Crippen LogP contribution in [0.5, 0.6) is 5.75 Å². The second-order valence-corrected chi connectivity index (χ2v) is 6.64. The van der Waals surface area contributed by atoms with E-state index in [9.17, 15) is 4.79 Å². The van der Waals surface area contributed by atoms with Gasteiger partial charge in [0.25, 0.3) is 5.91 Å². The molecule has 3 aliphatic rings. The maximum atomic E-state index is 12.5. The van der Waals surface area contributed by atoms with Gasteiger partial charge in [-0.1, -0.05) is 0 Å². The Labute approximate surface area is 135 Å². The van der Waals surface area contributed by atoms with E-state index in [1.807, 2.05) is 17.0 Å². The van der Waals surface area contributed by atoms with Gasteiger partial charge in [0.05, 0.1) is 18.4 Å². The highest BCUT2D eigenvalue weighted by atomic mass is 16.6. The van der Waals surface area contributed by atoms with Crippen LogP contribution < -0.4 is 4.74 Å². The predicted molar refractivity (Wildman–Crippen MR) is 82.1 cm³/mol. The van der Waals surface area contributed by atoms with Crippen molar-refractivity contribution >= 4 is 5.91 Å². The molecule has 4 heterocycles. The molecule has 0 radical (unpaired) electrons. The van der Waals surface area contributed by atoms with Crippen molar-refractivity contribution in [1.29, 1.82) is 0 Å². The van der Waals surface area contributed by atoms with Gasteiger partial charge >= 0.3 is 0 Å². The quantitative estimate of drug-likeness (QED) is 0.843. The van der Waals surface area contributed by atoms with Crippen molar-refractivity contribution in [2.45, 2.75) is 43.5 Å². The summed E-state index contributed by atoms with van der Waals surface area (Å²) in [6.45, 7) is 2.67. The third kappa shape index (κ3) is 3.05. The summed E-state index contributed by atoms with van der Waals surface area (Å²) in [7, 11) is 0. The molecule has 0 aromatic carbocycles. The summed E-state index contributed by atoms with van der Waals surface area (Å²) in [6, 6.07) is 3.76. The van der Waals surface area contributed by atoms with Crippen molar-refractivity contribution < 1.29 is 19.0 Å². The molecular formula is C17H22N2O4. The van der Waals surface area contributed by atoms with Crippen molar-refractivity contribution in [3.05, 3.63) is 24.5 Å². The van der Waals surface area contributed by atoms with E-state index in [0.29, 0.717) is 19.8 Å². The molecule has 3 atom stereocenters. The van der Waals surface area contributed by atoms with Crippen LogP contribution in [0.3, 0.4) is 0 Å². The molecule has 0 aliphatic carbocycles. The number of hydrogen-bond donors (Lipinski definition) is 0. The lowest BCUT2D eigenvalue weighted by Gasteiger charge is -2.24. The first kappa shape index (κ1) is 14.9. The molecule has 1 amide bonds. The van der Waals surface area contributed by atoms with Crippen molar-refractivity contribution in [2.24, 2.45) is 0 Å². The number of hydrogen-bond acceptors (Lipinski definition) is 5. The SMILES string of the molecule is O=C([C@H]1CCCO1)N1CCC2(CC(Oc3cccnc3)CO2)C1. The van der Waals surface area contributed by atoms with E-state index in [-0.39, 0.29) is 23.7 Å². The zero-order valence-electron chi connectivity index (χ0n) is 13.1. The van der Waals surface area contributed by atoms with E-state index >= 15 is 0 Å². The van der Waals surface area contributed by atoms with Gasteiger partial charge in [0.15, 0.2) is 0 Å². The monoisotopic (exact) mass is 318 g/mol. The lowest BCUT2D eigenvalue weighted by atomic mass is 9.98. The van der Waals surface area contributed by atoms with E-state index in [2.05, 4.69) is 4.98 Å². The highest BCUT2D eigenvalue weighted by molar-refractivity contribution is 5.81. The normalized spacial score (nSPS) is 33.5. The van der Waals surface area contributed by atoms with Crippen LogP contribution >= 0.6 is 0 Å². The van der Waals surface area contributed by atoms with Crippen molar-refractivity contribution in [2.75, 3.05) is 26.3 Å². The standard InChI is InChI=1S/C17H22N2O4/c20-16(15-4-2-8-21-15)19-7-5-17(12-19)9-14(11-22-17)23-13-3-1-6-18-10-13/h1,3,6,10,14-15H,2,4-5,7-9,11-12H2/t14?,15-,17?/m1/s1. The van der Waals surface area contributed by atoms with Gasteiger partial charge in [0.1, 0.15) is 18.0 Å². The van der Waals surface area contributed by atoms with E-state index in [1.165, 1.54) is 0 Å². The third-order valence-corrected chi connectivity index (χ3v) is 4.95. The van der Waals surface area contributed by atoms with Crippen molar-refractivity contribution in [3.8, 4) is 5.75 Å². The molecule has 2 unspecified atom stereocenters. The van der Waals surface area contributed by atoms with Gasteiger partial charge in [-0.15, -0.1) is 0 Å². The molecule has 6 nitrogen and oxygen atoms in total. The molecule has 1 spiro atoms. The molecule has 4 rings (SSSR count). The Kier molecular flexibility index (Phi) is 3.95. The van der Waals surface area contributed by atoms with Gasteiger partial charge in [-0.05, 0) is 31.4 Å². The Hall–Kier alpha value is -1.66. The fraction of sp³-hybridized carbons (Fsp3) is 0.647. The summed E-state index contributed by atoms with van der Waals surface area (Å²) >= 11 is 0. The van der Waals surface area contributed by atoms with E-state index in [1.54, 1.807) is 12.4 Å². The maximum Gasteiger partial charge on any atom is 0.251 e. The number of rotatable bonds is 3. The molecule has 0 bridgehead atoms. The van der Waals surface area contributed by atoms with Crippen LogP contribution in [0.15, 0.2) is 24.5 Å². The Morgan fingerprint density at radius 3 is 3.22 bits per heavy atom. The van der Waals surface area contributed by atoms with Crippen molar-refractivity contribution in [1.82, 2.24) is 9.88 Å². The average Bonchev–Trinajstić information content (AvgIpc) is 3.31. The number of carbonyl (C=O) groups is 1. The second-order valence-electron chi connectivity index (χ2n) is 6.64. The summed E-state index contributed by atoms with van der Waals surface area (Å²) in [4.78, 5) is 18.4. The number of ether oxygens (including phenoxy) is 3. The van der Waals surface area contributed by atoms with Crippen LogP contribution in [-0.2, 0) is 14.3 Å². The van der Waals surface area contributed by atoms with Gasteiger partial charge in [0, 0.05) is 32.3 Å². The first-order valence-electron chi connectivity index (χ1n) is 8.35. The molecule has 3 aliphatic heterocycles. The van der Waals surface area contributed by atoms with Crippen LogP contribution in [0.25, 0.3) is 0 Å². The molecule has 0 N–H and O–H groups in total. The Bertz CT molecular complexity index is 561. The first-order valence-corrected chi connectivity index (χ1v) is 8.35. The summed E-state index contributed by atoms with van der Waals surface area (Å²) in [5, 5.41) is 0. The average molecular weight is 318 g/mol. The molecule has 124 valence electrons. The number of pyridine rings is 1. The number of likely N-dealkylation sites (tertiary alicyclic amines) is 1. The minimum Gasteiger partial charge on any atom is -0.486 e. The first-order chi connectivity index (χ1) is 11.2. The lowest BCUT2D eigenvalue weighted by Crippen LogP contribution is -2.40. The fourth-order valence-corrected chi connectivity index (χ4v) is 3.78. The zero-order chi connectivity index (χ0) is 15.7. The minimum atomic E-state index is -0.249. The Morgan fingerprint density at radius 2 is 2.43 bits per heavy atom. The van der Waals surface area contributed by atoms with Crippen LogP contribution in [0.4, 0.5) is 0 Å². The number of nitrogens with zero attached hydrogens (tertiary/aromatic N) is 2. The largest absolute Gasteiger partial charge is 0.486 e. The van der Waals surface area contributed by atoms with E-state index in [0.717, 1.165) is 38.0 Å². The molecule has 1 aromatic heterocycles. The number of carbonyl (C=O) groups excluding carboxylic acids is 1. The van der Waals surface area contributed by atoms with E-state index < -0.39 is 0 Å². The van der Waals surface area contributed by atoms with Gasteiger partial charge < -0.3 is 19.1 Å². The van der Waals surface area contributed by atoms with Gasteiger partial charge in [0.2, 0.25) is 0 Å². The van der Waals surface area contributed by atoms with Crippen LogP contribution in [0, 0.1) is 0 Å². The van der Waals surface area contributed by atoms with Crippen molar-refractivity contribution in [3.63, 3.8) is 0 Å². The number of amides is 1. The molecule has 0 saturated carbocycles. The highest BCUT2D eigenvalue weighted by Crippen LogP contribution is 2.37. The van der Waals surface area contributed by atoms with Gasteiger partial charge in [-0.2, -0.15) is 0 Å². The fourth-order valence-electron chi connectivity index (χ4n) is 3.78. The van der Waals surface area contributed by atoms with Gasteiger partial charge in [-0.25, -0.2) is 0 Å². The Balaban J connectivity index is 1.34. The number of aromatic nitrogens is 1. The summed E-state index contributed by atoms with van der Waals surface area (Å²) < 4.78 is 17.5. The van der Waals surface area contributed by atoms with E-state index in [4.69, 9.17) is 14.2 Å². The summed E-state index contributed by atoms with van der Waals surface area (Å²) in [5.41, 5.74) is -0.249. The van der Waals surface area contributed by atoms with Gasteiger partial charge in [-0.3, -0.25) is 9.78 Å². The Morgan fingerprint density at radius 1 is 1.48 bits per heavy atom. The molecule has 23 heavy (non-hydrogen) atoms. The minimum absolute atomic E-state index is 0.0250. The lowest BCUT2D eigenvalue weighted by molar-refractivity contribution is -0.140. The molecule has 3 fully saturated rings. The maximum absolute atomic E-state index is 12.5. The molecule has 1 aromatic rings. The third-order valence-electron chi connectivity index (χ3n) is 4.95. The zero-order valence-corrected chi connectivity index (χ0v) is 13.1. The molecule has 3 saturated heterocycles. The highest BCUT2D eigenvalue weighted by Gasteiger charge is 2.48. The van der Waals surface area contributed by atoms with Crippen LogP contribution in [-0.4, -0.2) is 59.9 Å². The predicted octanol–water partition coefficient (Wildman–Crippen LogP) is 1.40. The molecule has 6 heteroatoms. The summed E-state index contributed by atoms with van der Waals surface area (Å²) in [6.07, 6.45) is 6.74.